The maximum atomic E-state index is 5.26. The summed E-state index contributed by atoms with van der Waals surface area (Å²) in [6.45, 7) is 6.44. The summed E-state index contributed by atoms with van der Waals surface area (Å²) in [6, 6.07) is 1.97. The molecule has 22 heavy (non-hydrogen) atoms. The first-order valence-electron chi connectivity index (χ1n) is 8.46. The van der Waals surface area contributed by atoms with Gasteiger partial charge in [0.05, 0.1) is 5.69 Å². The Labute approximate surface area is 133 Å². The number of hydrogen-bond donors (Lipinski definition) is 2. The molecule has 0 bridgehead atoms. The fourth-order valence-electron chi connectivity index (χ4n) is 2.57. The van der Waals surface area contributed by atoms with Crippen LogP contribution in [0.4, 0.5) is 0 Å². The summed E-state index contributed by atoms with van der Waals surface area (Å²) < 4.78 is 5.26. The van der Waals surface area contributed by atoms with Crippen molar-refractivity contribution in [2.24, 2.45) is 4.99 Å². The number of hydrogen-bond acceptors (Lipinski definition) is 3. The van der Waals surface area contributed by atoms with Crippen molar-refractivity contribution in [1.82, 2.24) is 15.8 Å². The molecule has 5 heteroatoms. The van der Waals surface area contributed by atoms with E-state index in [1.165, 1.54) is 25.7 Å². The molecule has 122 valence electrons. The van der Waals surface area contributed by atoms with Crippen LogP contribution >= 0.6 is 0 Å². The number of nitrogens with one attached hydrogen (secondary N) is 2. The third-order valence-electron chi connectivity index (χ3n) is 3.83. The van der Waals surface area contributed by atoms with Gasteiger partial charge in [-0.2, -0.15) is 0 Å². The second-order valence-electron chi connectivity index (χ2n) is 5.62. The van der Waals surface area contributed by atoms with E-state index in [0.717, 1.165) is 43.3 Å². The van der Waals surface area contributed by atoms with Crippen LogP contribution in [0.25, 0.3) is 0 Å². The third-order valence-corrected chi connectivity index (χ3v) is 3.83. The van der Waals surface area contributed by atoms with Crippen molar-refractivity contribution >= 4 is 5.96 Å². The van der Waals surface area contributed by atoms with Crippen LogP contribution in [-0.2, 0) is 13.0 Å². The van der Waals surface area contributed by atoms with E-state index in [4.69, 9.17) is 4.52 Å². The minimum Gasteiger partial charge on any atom is -0.359 e. The lowest BCUT2D eigenvalue weighted by molar-refractivity contribution is 0.379. The number of allylic oxidation sites excluding steroid dienone is 1. The maximum absolute atomic E-state index is 5.26. The minimum atomic E-state index is 0.519. The van der Waals surface area contributed by atoms with Gasteiger partial charge < -0.3 is 15.2 Å². The second kappa shape index (κ2) is 9.28. The number of aromatic nitrogens is 1. The summed E-state index contributed by atoms with van der Waals surface area (Å²) in [7, 11) is 0. The molecule has 0 atom stereocenters. The van der Waals surface area contributed by atoms with Crippen molar-refractivity contribution in [3.8, 4) is 0 Å². The average Bonchev–Trinajstić information content (AvgIpc) is 3.02. The summed E-state index contributed by atoms with van der Waals surface area (Å²) in [4.78, 5) is 4.56. The number of guanidine groups is 1. The zero-order valence-electron chi connectivity index (χ0n) is 13.8. The lowest BCUT2D eigenvalue weighted by atomic mass is 9.97. The molecule has 2 N–H and O–H groups in total. The monoisotopic (exact) mass is 304 g/mol. The van der Waals surface area contributed by atoms with Gasteiger partial charge in [-0.3, -0.25) is 0 Å². The van der Waals surface area contributed by atoms with Crippen molar-refractivity contribution in [3.63, 3.8) is 0 Å². The summed E-state index contributed by atoms with van der Waals surface area (Å²) >= 11 is 0. The van der Waals surface area contributed by atoms with Gasteiger partial charge in [0, 0.05) is 19.2 Å². The fourth-order valence-corrected chi connectivity index (χ4v) is 2.57. The lowest BCUT2D eigenvalue weighted by Crippen LogP contribution is -2.37. The molecular weight excluding hydrogens is 276 g/mol. The van der Waals surface area contributed by atoms with E-state index in [9.17, 15) is 0 Å². The SMILES string of the molecule is CCNC(=NCc1cc(CC)no1)NCCC1=CCCCC1. The van der Waals surface area contributed by atoms with Crippen molar-refractivity contribution in [2.45, 2.75) is 58.9 Å². The molecule has 2 rings (SSSR count). The second-order valence-corrected chi connectivity index (χ2v) is 5.62. The van der Waals surface area contributed by atoms with Crippen LogP contribution in [0.3, 0.4) is 0 Å². The fraction of sp³-hybridized carbons (Fsp3) is 0.647. The lowest BCUT2D eigenvalue weighted by Gasteiger charge is -2.14. The highest BCUT2D eigenvalue weighted by Gasteiger charge is 2.05. The first-order chi connectivity index (χ1) is 10.8. The summed E-state index contributed by atoms with van der Waals surface area (Å²) in [5.41, 5.74) is 2.56. The molecule has 0 unspecified atom stereocenters. The molecule has 0 spiro atoms. The van der Waals surface area contributed by atoms with E-state index in [1.54, 1.807) is 5.57 Å². The van der Waals surface area contributed by atoms with Crippen LogP contribution in [0.2, 0.25) is 0 Å². The molecule has 0 radical (unpaired) electrons. The third kappa shape index (κ3) is 5.54. The standard InChI is InChI=1S/C17H28N4O/c1-3-15-12-16(22-21-15)13-20-17(18-4-2)19-11-10-14-8-6-5-7-9-14/h8,12H,3-7,9-11,13H2,1-2H3,(H2,18,19,20). The Balaban J connectivity index is 1.80. The van der Waals surface area contributed by atoms with Crippen LogP contribution in [0.1, 0.15) is 57.4 Å². The van der Waals surface area contributed by atoms with Gasteiger partial charge in [-0.1, -0.05) is 23.7 Å². The first kappa shape index (κ1) is 16.6. The van der Waals surface area contributed by atoms with Gasteiger partial charge in [-0.05, 0) is 45.4 Å². The highest BCUT2D eigenvalue weighted by Crippen LogP contribution is 2.19. The van der Waals surface area contributed by atoms with Gasteiger partial charge in [0.15, 0.2) is 11.7 Å². The molecular formula is C17H28N4O. The number of aryl methyl sites for hydroxylation is 1. The van der Waals surface area contributed by atoms with Crippen molar-refractivity contribution in [1.29, 1.82) is 0 Å². The minimum absolute atomic E-state index is 0.519. The molecule has 5 nitrogen and oxygen atoms in total. The Kier molecular flexibility index (Phi) is 7.00. The highest BCUT2D eigenvalue weighted by atomic mass is 16.5. The predicted octanol–water partition coefficient (Wildman–Crippen LogP) is 3.18. The summed E-state index contributed by atoms with van der Waals surface area (Å²) in [5.74, 6) is 1.65. The van der Waals surface area contributed by atoms with Crippen molar-refractivity contribution in [2.75, 3.05) is 13.1 Å². The van der Waals surface area contributed by atoms with Crippen LogP contribution in [-0.4, -0.2) is 24.2 Å². The molecule has 1 aromatic rings. The highest BCUT2D eigenvalue weighted by molar-refractivity contribution is 5.79. The zero-order valence-corrected chi connectivity index (χ0v) is 13.8. The maximum Gasteiger partial charge on any atom is 0.191 e. The predicted molar refractivity (Wildman–Crippen MR) is 89.9 cm³/mol. The van der Waals surface area contributed by atoms with Gasteiger partial charge in [-0.25, -0.2) is 4.99 Å². The first-order valence-corrected chi connectivity index (χ1v) is 8.46. The Morgan fingerprint density at radius 3 is 2.91 bits per heavy atom. The quantitative estimate of drug-likeness (QED) is 0.461. The topological polar surface area (TPSA) is 62.5 Å². The number of rotatable bonds is 7. The van der Waals surface area contributed by atoms with Crippen molar-refractivity contribution < 1.29 is 4.52 Å². The van der Waals surface area contributed by atoms with E-state index in [-0.39, 0.29) is 0 Å². The van der Waals surface area contributed by atoms with Crippen LogP contribution < -0.4 is 10.6 Å². The van der Waals surface area contributed by atoms with E-state index in [2.05, 4.69) is 40.7 Å². The summed E-state index contributed by atoms with van der Waals surface area (Å²) in [5, 5.41) is 10.7. The van der Waals surface area contributed by atoms with Gasteiger partial charge in [0.2, 0.25) is 0 Å². The van der Waals surface area contributed by atoms with E-state index >= 15 is 0 Å². The molecule has 0 amide bonds. The van der Waals surface area contributed by atoms with Gasteiger partial charge in [0.1, 0.15) is 6.54 Å². The Morgan fingerprint density at radius 1 is 1.32 bits per heavy atom. The van der Waals surface area contributed by atoms with E-state index < -0.39 is 0 Å². The van der Waals surface area contributed by atoms with Crippen LogP contribution in [0.5, 0.6) is 0 Å². The van der Waals surface area contributed by atoms with Crippen molar-refractivity contribution in [3.05, 3.63) is 29.2 Å². The molecule has 0 saturated heterocycles. The molecule has 0 aliphatic heterocycles. The molecule has 0 aromatic carbocycles. The molecule has 1 aliphatic carbocycles. The van der Waals surface area contributed by atoms with Gasteiger partial charge in [-0.15, -0.1) is 0 Å². The normalized spacial score (nSPS) is 15.5. The molecule has 1 heterocycles. The largest absolute Gasteiger partial charge is 0.359 e. The molecule has 0 saturated carbocycles. The Bertz CT molecular complexity index is 505. The van der Waals surface area contributed by atoms with Crippen LogP contribution in [0, 0.1) is 0 Å². The average molecular weight is 304 g/mol. The zero-order chi connectivity index (χ0) is 15.6. The summed E-state index contributed by atoms with van der Waals surface area (Å²) in [6.07, 6.45) is 9.58. The number of aliphatic imine (C=N–C) groups is 1. The Hall–Kier alpha value is -1.78. The molecule has 0 fully saturated rings. The van der Waals surface area contributed by atoms with Gasteiger partial charge >= 0.3 is 0 Å². The van der Waals surface area contributed by atoms with E-state index in [1.807, 2.05) is 6.07 Å². The smallest absolute Gasteiger partial charge is 0.191 e. The molecule has 1 aromatic heterocycles. The number of nitrogens with zero attached hydrogens (tertiary/aromatic N) is 2. The molecule has 1 aliphatic rings. The van der Waals surface area contributed by atoms with Crippen LogP contribution in [0.15, 0.2) is 27.2 Å². The van der Waals surface area contributed by atoms with Gasteiger partial charge in [0.25, 0.3) is 0 Å². The van der Waals surface area contributed by atoms with E-state index in [0.29, 0.717) is 6.54 Å². The Morgan fingerprint density at radius 2 is 2.23 bits per heavy atom.